The summed E-state index contributed by atoms with van der Waals surface area (Å²) in [6, 6.07) is 12.4. The maximum absolute atomic E-state index is 12.9. The van der Waals surface area contributed by atoms with E-state index in [0.29, 0.717) is 16.9 Å². The Morgan fingerprint density at radius 1 is 1.18 bits per heavy atom. The van der Waals surface area contributed by atoms with Crippen molar-refractivity contribution in [2.75, 3.05) is 20.3 Å². The number of benzene rings is 2. The Balaban J connectivity index is 1.91. The predicted molar refractivity (Wildman–Crippen MR) is 100 cm³/mol. The van der Waals surface area contributed by atoms with Crippen molar-refractivity contribution in [1.82, 2.24) is 9.62 Å². The molecule has 148 valence electrons. The number of rotatable bonds is 7. The summed E-state index contributed by atoms with van der Waals surface area (Å²) >= 11 is 0. The molecular weight excluding hydrogens is 384 g/mol. The SMILES string of the molecule is COc1ccc(S(=O)(=O)NC(CN2C(=O)COC2=O)c2ccccc2)cc1C. The number of methoxy groups -OCH3 is 1. The molecule has 1 saturated heterocycles. The number of nitrogens with one attached hydrogen (secondary N) is 1. The van der Waals surface area contributed by atoms with Crippen molar-refractivity contribution in [3.05, 3.63) is 59.7 Å². The second kappa shape index (κ2) is 7.99. The van der Waals surface area contributed by atoms with Crippen molar-refractivity contribution >= 4 is 22.0 Å². The number of imide groups is 1. The van der Waals surface area contributed by atoms with Crippen molar-refractivity contribution in [3.8, 4) is 5.75 Å². The third-order valence-corrected chi connectivity index (χ3v) is 5.85. The van der Waals surface area contributed by atoms with Gasteiger partial charge in [0.2, 0.25) is 10.0 Å². The van der Waals surface area contributed by atoms with Crippen LogP contribution in [0.5, 0.6) is 5.75 Å². The minimum Gasteiger partial charge on any atom is -0.496 e. The zero-order chi connectivity index (χ0) is 20.3. The Hall–Kier alpha value is -2.91. The molecule has 0 bridgehead atoms. The van der Waals surface area contributed by atoms with Crippen LogP contribution < -0.4 is 9.46 Å². The zero-order valence-electron chi connectivity index (χ0n) is 15.4. The van der Waals surface area contributed by atoms with Crippen LogP contribution in [-0.2, 0) is 19.6 Å². The molecule has 3 rings (SSSR count). The summed E-state index contributed by atoms with van der Waals surface area (Å²) in [4.78, 5) is 24.6. The van der Waals surface area contributed by atoms with Gasteiger partial charge in [-0.15, -0.1) is 0 Å². The maximum atomic E-state index is 12.9. The molecule has 1 aliphatic rings. The molecule has 2 aromatic carbocycles. The number of hydrogen-bond acceptors (Lipinski definition) is 6. The van der Waals surface area contributed by atoms with E-state index < -0.39 is 28.1 Å². The summed E-state index contributed by atoms with van der Waals surface area (Å²) in [5.41, 5.74) is 1.28. The number of nitrogens with zero attached hydrogens (tertiary/aromatic N) is 1. The van der Waals surface area contributed by atoms with Gasteiger partial charge in [-0.3, -0.25) is 4.79 Å². The summed E-state index contributed by atoms with van der Waals surface area (Å²) in [5.74, 6) is 0.0642. The highest BCUT2D eigenvalue weighted by molar-refractivity contribution is 7.89. The van der Waals surface area contributed by atoms with Gasteiger partial charge in [-0.05, 0) is 36.2 Å². The van der Waals surface area contributed by atoms with E-state index in [9.17, 15) is 18.0 Å². The molecule has 2 aromatic rings. The fourth-order valence-corrected chi connectivity index (χ4v) is 4.21. The number of aryl methyl sites for hydroxylation is 1. The molecule has 28 heavy (non-hydrogen) atoms. The van der Waals surface area contributed by atoms with Crippen molar-refractivity contribution < 1.29 is 27.5 Å². The molecule has 9 heteroatoms. The van der Waals surface area contributed by atoms with Gasteiger partial charge in [0, 0.05) is 0 Å². The molecule has 0 radical (unpaired) electrons. The van der Waals surface area contributed by atoms with Crippen LogP contribution in [0.3, 0.4) is 0 Å². The first-order chi connectivity index (χ1) is 13.3. The van der Waals surface area contributed by atoms with Crippen LogP contribution in [0.15, 0.2) is 53.4 Å². The highest BCUT2D eigenvalue weighted by Gasteiger charge is 2.34. The van der Waals surface area contributed by atoms with Gasteiger partial charge in [-0.1, -0.05) is 30.3 Å². The van der Waals surface area contributed by atoms with E-state index in [4.69, 9.17) is 9.47 Å². The lowest BCUT2D eigenvalue weighted by Crippen LogP contribution is -2.40. The second-order valence-corrected chi connectivity index (χ2v) is 7.99. The lowest BCUT2D eigenvalue weighted by molar-refractivity contribution is -0.126. The van der Waals surface area contributed by atoms with Crippen LogP contribution in [0.1, 0.15) is 17.2 Å². The molecule has 1 unspecified atom stereocenters. The van der Waals surface area contributed by atoms with Crippen molar-refractivity contribution in [3.63, 3.8) is 0 Å². The molecule has 0 saturated carbocycles. The molecule has 1 fully saturated rings. The van der Waals surface area contributed by atoms with Crippen molar-refractivity contribution in [1.29, 1.82) is 0 Å². The highest BCUT2D eigenvalue weighted by atomic mass is 32.2. The number of carbonyl (C=O) groups is 2. The summed E-state index contributed by atoms with van der Waals surface area (Å²) < 4.78 is 38.3. The average Bonchev–Trinajstić information content (AvgIpc) is 3.00. The van der Waals surface area contributed by atoms with Gasteiger partial charge in [-0.25, -0.2) is 22.8 Å². The normalized spacial score (nSPS) is 15.4. The monoisotopic (exact) mass is 404 g/mol. The Morgan fingerprint density at radius 3 is 2.46 bits per heavy atom. The number of cyclic esters (lactones) is 1. The Morgan fingerprint density at radius 2 is 1.89 bits per heavy atom. The third kappa shape index (κ3) is 4.15. The summed E-state index contributed by atoms with van der Waals surface area (Å²) in [6.45, 7) is 1.23. The van der Waals surface area contributed by atoms with E-state index in [0.717, 1.165) is 4.90 Å². The molecule has 0 aromatic heterocycles. The van der Waals surface area contributed by atoms with Gasteiger partial charge >= 0.3 is 6.09 Å². The fraction of sp³-hybridized carbons (Fsp3) is 0.263. The molecular formula is C19H20N2O6S. The standard InChI is InChI=1S/C19H20N2O6S/c1-13-10-15(8-9-17(13)26-2)28(24,25)20-16(14-6-4-3-5-7-14)11-21-18(22)12-27-19(21)23/h3-10,16,20H,11-12H2,1-2H3. The van der Waals surface area contributed by atoms with E-state index in [-0.39, 0.29) is 18.0 Å². The van der Waals surface area contributed by atoms with Gasteiger partial charge < -0.3 is 9.47 Å². The number of carbonyl (C=O) groups excluding carboxylic acids is 2. The first-order valence-electron chi connectivity index (χ1n) is 8.51. The van der Waals surface area contributed by atoms with E-state index in [2.05, 4.69) is 4.72 Å². The predicted octanol–water partition coefficient (Wildman–Crippen LogP) is 2.00. The third-order valence-electron chi connectivity index (χ3n) is 4.38. The number of sulfonamides is 1. The topological polar surface area (TPSA) is 102 Å². The lowest BCUT2D eigenvalue weighted by atomic mass is 10.1. The van der Waals surface area contributed by atoms with Crippen LogP contribution >= 0.6 is 0 Å². The molecule has 1 atom stereocenters. The average molecular weight is 404 g/mol. The van der Waals surface area contributed by atoms with Crippen LogP contribution in [0, 0.1) is 6.92 Å². The molecule has 1 N–H and O–H groups in total. The van der Waals surface area contributed by atoms with Crippen LogP contribution in [0.25, 0.3) is 0 Å². The van der Waals surface area contributed by atoms with E-state index in [1.54, 1.807) is 43.3 Å². The van der Waals surface area contributed by atoms with Crippen molar-refractivity contribution in [2.24, 2.45) is 0 Å². The van der Waals surface area contributed by atoms with Gasteiger partial charge in [0.05, 0.1) is 24.6 Å². The summed E-state index contributed by atoms with van der Waals surface area (Å²) in [5, 5.41) is 0. The largest absolute Gasteiger partial charge is 0.496 e. The minimum absolute atomic E-state index is 0.0575. The summed E-state index contributed by atoms with van der Waals surface area (Å²) in [7, 11) is -2.42. The fourth-order valence-electron chi connectivity index (χ4n) is 2.91. The maximum Gasteiger partial charge on any atom is 0.417 e. The smallest absolute Gasteiger partial charge is 0.417 e. The zero-order valence-corrected chi connectivity index (χ0v) is 16.2. The highest BCUT2D eigenvalue weighted by Crippen LogP contribution is 2.24. The van der Waals surface area contributed by atoms with Gasteiger partial charge in [-0.2, -0.15) is 0 Å². The first kappa shape index (κ1) is 19.8. The van der Waals surface area contributed by atoms with Gasteiger partial charge in [0.25, 0.3) is 5.91 Å². The molecule has 1 heterocycles. The lowest BCUT2D eigenvalue weighted by Gasteiger charge is -2.23. The number of amides is 2. The quantitative estimate of drug-likeness (QED) is 0.757. The molecule has 0 spiro atoms. The Labute approximate surface area is 163 Å². The van der Waals surface area contributed by atoms with Crippen LogP contribution in [0.4, 0.5) is 4.79 Å². The van der Waals surface area contributed by atoms with E-state index >= 15 is 0 Å². The van der Waals surface area contributed by atoms with E-state index in [1.165, 1.54) is 19.2 Å². The Bertz CT molecular complexity index is 975. The minimum atomic E-state index is -3.93. The molecule has 1 aliphatic heterocycles. The first-order valence-corrected chi connectivity index (χ1v) is 9.99. The number of ether oxygens (including phenoxy) is 2. The van der Waals surface area contributed by atoms with Crippen molar-refractivity contribution in [2.45, 2.75) is 17.9 Å². The summed E-state index contributed by atoms with van der Waals surface area (Å²) in [6.07, 6.45) is -0.787. The molecule has 8 nitrogen and oxygen atoms in total. The van der Waals surface area contributed by atoms with Gasteiger partial charge in [0.15, 0.2) is 6.61 Å². The molecule has 2 amide bonds. The Kier molecular flexibility index (Phi) is 5.66. The second-order valence-electron chi connectivity index (χ2n) is 6.27. The molecule has 0 aliphatic carbocycles. The van der Waals surface area contributed by atoms with Crippen LogP contribution in [0.2, 0.25) is 0 Å². The number of hydrogen-bond donors (Lipinski definition) is 1. The van der Waals surface area contributed by atoms with Crippen LogP contribution in [-0.4, -0.2) is 45.6 Å². The van der Waals surface area contributed by atoms with E-state index in [1.807, 2.05) is 0 Å². The van der Waals surface area contributed by atoms with Gasteiger partial charge in [0.1, 0.15) is 5.75 Å².